The van der Waals surface area contributed by atoms with E-state index in [9.17, 15) is 14.7 Å². The lowest BCUT2D eigenvalue weighted by atomic mass is 9.83. The van der Waals surface area contributed by atoms with E-state index in [2.05, 4.69) is 4.90 Å². The van der Waals surface area contributed by atoms with E-state index in [4.69, 9.17) is 14.5 Å². The minimum atomic E-state index is -1.06. The maximum Gasteiger partial charge on any atom is 0.415 e. The van der Waals surface area contributed by atoms with E-state index in [1.165, 1.54) is 32.4 Å². The van der Waals surface area contributed by atoms with Gasteiger partial charge in [0.1, 0.15) is 17.0 Å². The first-order valence-electron chi connectivity index (χ1n) is 15.6. The van der Waals surface area contributed by atoms with Crippen LogP contribution in [-0.2, 0) is 11.2 Å². The Morgan fingerprint density at radius 3 is 2.67 bits per heavy atom. The molecule has 6 heterocycles. The fourth-order valence-corrected chi connectivity index (χ4v) is 7.51. The minimum absolute atomic E-state index is 0.0846. The number of likely N-dealkylation sites (tertiary alicyclic amines) is 2. The predicted molar refractivity (Wildman–Crippen MR) is 159 cm³/mol. The Morgan fingerprint density at radius 1 is 1.14 bits per heavy atom. The van der Waals surface area contributed by atoms with E-state index in [1.807, 2.05) is 37.0 Å². The van der Waals surface area contributed by atoms with Gasteiger partial charge in [-0.05, 0) is 92.6 Å². The molecule has 5 aliphatic heterocycles. The third-order valence-corrected chi connectivity index (χ3v) is 9.96. The van der Waals surface area contributed by atoms with E-state index in [0.717, 1.165) is 46.2 Å². The number of carbonyl (C=O) groups excluding carboxylic acids is 2. The number of hydrogen-bond donors (Lipinski definition) is 1. The second-order valence-electron chi connectivity index (χ2n) is 12.3. The molecule has 0 saturated carbocycles. The number of rotatable bonds is 4. The van der Waals surface area contributed by atoms with Crippen LogP contribution in [0.1, 0.15) is 74.0 Å². The number of piperidine rings is 2. The van der Waals surface area contributed by atoms with E-state index < -0.39 is 5.60 Å². The summed E-state index contributed by atoms with van der Waals surface area (Å²) in [6.07, 6.45) is 8.63. The highest BCUT2D eigenvalue weighted by Crippen LogP contribution is 2.44. The Kier molecular flexibility index (Phi) is 7.07. The molecule has 2 fully saturated rings. The second kappa shape index (κ2) is 10.8. The Morgan fingerprint density at radius 2 is 1.93 bits per heavy atom. The van der Waals surface area contributed by atoms with Crippen LogP contribution in [0.3, 0.4) is 0 Å². The highest BCUT2D eigenvalue weighted by atomic mass is 16.6. The third-order valence-electron chi connectivity index (χ3n) is 9.96. The highest BCUT2D eigenvalue weighted by Gasteiger charge is 2.44. The van der Waals surface area contributed by atoms with Crippen molar-refractivity contribution in [2.45, 2.75) is 70.4 Å². The SMILES string of the molecule is CCc1c2c(nc3ccc(OC(=O)N4CCC(N5CCCCC5)CC4)cc13)C1=CC3=C(COC[C@]3(O)CC)CN1C2=O. The van der Waals surface area contributed by atoms with Crippen LogP contribution < -0.4 is 4.74 Å². The number of amides is 2. The first kappa shape index (κ1) is 27.6. The summed E-state index contributed by atoms with van der Waals surface area (Å²) in [6, 6.07) is 6.08. The molecule has 222 valence electrons. The zero-order valence-electron chi connectivity index (χ0n) is 24.7. The van der Waals surface area contributed by atoms with Crippen LogP contribution in [0.2, 0.25) is 0 Å². The molecule has 42 heavy (non-hydrogen) atoms. The van der Waals surface area contributed by atoms with Crippen LogP contribution in [0, 0.1) is 0 Å². The number of aliphatic hydroxyl groups is 1. The van der Waals surface area contributed by atoms with Crippen molar-refractivity contribution in [3.63, 3.8) is 0 Å². The summed E-state index contributed by atoms with van der Waals surface area (Å²) < 4.78 is 11.6. The minimum Gasteiger partial charge on any atom is -0.410 e. The Labute approximate surface area is 246 Å². The van der Waals surface area contributed by atoms with Gasteiger partial charge in [-0.3, -0.25) is 4.79 Å². The summed E-state index contributed by atoms with van der Waals surface area (Å²) >= 11 is 0. The fourth-order valence-electron chi connectivity index (χ4n) is 7.51. The van der Waals surface area contributed by atoms with Gasteiger partial charge in [0, 0.05) is 24.5 Å². The summed E-state index contributed by atoms with van der Waals surface area (Å²) in [5, 5.41) is 12.1. The molecule has 0 bridgehead atoms. The van der Waals surface area contributed by atoms with Gasteiger partial charge in [-0.2, -0.15) is 0 Å². The van der Waals surface area contributed by atoms with E-state index in [0.29, 0.717) is 62.1 Å². The summed E-state index contributed by atoms with van der Waals surface area (Å²) in [4.78, 5) is 38.0. The third kappa shape index (κ3) is 4.53. The molecule has 1 aromatic carbocycles. The molecule has 0 unspecified atom stereocenters. The van der Waals surface area contributed by atoms with Gasteiger partial charge in [0.25, 0.3) is 5.91 Å². The molecule has 9 heteroatoms. The number of nitrogens with zero attached hydrogens (tertiary/aromatic N) is 4. The quantitative estimate of drug-likeness (QED) is 0.576. The Balaban J connectivity index is 1.14. The molecule has 5 aliphatic rings. The lowest BCUT2D eigenvalue weighted by Crippen LogP contribution is -2.48. The summed E-state index contributed by atoms with van der Waals surface area (Å²) in [6.45, 7) is 8.78. The molecule has 2 aromatic rings. The maximum absolute atomic E-state index is 13.8. The lowest BCUT2D eigenvalue weighted by molar-refractivity contribution is -0.0308. The van der Waals surface area contributed by atoms with Gasteiger partial charge < -0.3 is 29.3 Å². The summed E-state index contributed by atoms with van der Waals surface area (Å²) in [7, 11) is 0. The molecule has 0 aliphatic carbocycles. The fraction of sp³-hybridized carbons (Fsp3) is 0.545. The van der Waals surface area contributed by atoms with Crippen LogP contribution in [0.25, 0.3) is 16.6 Å². The van der Waals surface area contributed by atoms with Gasteiger partial charge in [0.2, 0.25) is 0 Å². The highest BCUT2D eigenvalue weighted by molar-refractivity contribution is 6.13. The number of fused-ring (bicyclic) bond motifs is 4. The van der Waals surface area contributed by atoms with Crippen molar-refractivity contribution in [2.75, 3.05) is 45.9 Å². The average Bonchev–Trinajstić information content (AvgIpc) is 3.30. The molecule has 2 saturated heterocycles. The van der Waals surface area contributed by atoms with E-state index in [1.54, 1.807) is 11.0 Å². The summed E-state index contributed by atoms with van der Waals surface area (Å²) in [5.74, 6) is 0.380. The molecule has 1 atom stereocenters. The van der Waals surface area contributed by atoms with E-state index >= 15 is 0 Å². The molecule has 2 amide bonds. The largest absolute Gasteiger partial charge is 0.415 e. The molecule has 0 radical (unpaired) electrons. The van der Waals surface area contributed by atoms with Crippen molar-refractivity contribution in [1.82, 2.24) is 19.7 Å². The number of hydrogen-bond acceptors (Lipinski definition) is 7. The number of pyridine rings is 1. The zero-order valence-corrected chi connectivity index (χ0v) is 24.7. The van der Waals surface area contributed by atoms with Gasteiger partial charge in [-0.1, -0.05) is 20.3 Å². The van der Waals surface area contributed by atoms with Crippen molar-refractivity contribution >= 4 is 28.6 Å². The first-order chi connectivity index (χ1) is 20.4. The van der Waals surface area contributed by atoms with Crippen molar-refractivity contribution in [2.24, 2.45) is 0 Å². The number of benzene rings is 1. The molecule has 9 nitrogen and oxygen atoms in total. The van der Waals surface area contributed by atoms with Crippen molar-refractivity contribution in [3.05, 3.63) is 52.2 Å². The maximum atomic E-state index is 13.8. The van der Waals surface area contributed by atoms with Gasteiger partial charge in [0.05, 0.1) is 36.5 Å². The van der Waals surface area contributed by atoms with Gasteiger partial charge >= 0.3 is 6.09 Å². The molecule has 1 N–H and O–H groups in total. The van der Waals surface area contributed by atoms with Crippen LogP contribution in [0.5, 0.6) is 5.75 Å². The summed E-state index contributed by atoms with van der Waals surface area (Å²) in [5.41, 5.74) is 4.36. The second-order valence-corrected chi connectivity index (χ2v) is 12.3. The van der Waals surface area contributed by atoms with Crippen molar-refractivity contribution in [3.8, 4) is 5.75 Å². The zero-order chi connectivity index (χ0) is 29.0. The first-order valence-corrected chi connectivity index (χ1v) is 15.6. The van der Waals surface area contributed by atoms with Crippen LogP contribution in [0.15, 0.2) is 35.4 Å². The monoisotopic (exact) mass is 572 g/mol. The smallest absolute Gasteiger partial charge is 0.410 e. The number of carbonyl (C=O) groups is 2. The molecule has 7 rings (SSSR count). The van der Waals surface area contributed by atoms with Crippen LogP contribution in [0.4, 0.5) is 4.79 Å². The average molecular weight is 573 g/mol. The van der Waals surface area contributed by atoms with Gasteiger partial charge in [0.15, 0.2) is 0 Å². The number of ether oxygens (including phenoxy) is 2. The van der Waals surface area contributed by atoms with Crippen LogP contribution >= 0.6 is 0 Å². The number of aryl methyl sites for hydroxylation is 1. The molecule has 0 spiro atoms. The Hall–Kier alpha value is -3.27. The lowest BCUT2D eigenvalue weighted by Gasteiger charge is -2.39. The van der Waals surface area contributed by atoms with Gasteiger partial charge in [-0.15, -0.1) is 0 Å². The Bertz CT molecular complexity index is 1500. The standard InChI is InChI=1S/C33H40N4O5/c1-3-24-25-16-23(42-32(39)36-14-10-22(11-15-36)35-12-6-5-7-13-35)8-9-27(25)34-30-28-17-26-21(18-37(28)31(38)29(24)30)19-41-20-33(26,40)4-2/h8-9,16-17,22,40H,3-7,10-15,18-20H2,1-2H3/t33-/m1/s1. The molecular formula is C33H40N4O5. The topological polar surface area (TPSA) is 95.4 Å². The molecular weight excluding hydrogens is 532 g/mol. The normalized spacial score (nSPS) is 24.9. The van der Waals surface area contributed by atoms with E-state index in [-0.39, 0.29) is 18.6 Å². The number of aromatic nitrogens is 1. The van der Waals surface area contributed by atoms with Crippen molar-refractivity contribution < 1.29 is 24.2 Å². The molecule has 1 aromatic heterocycles. The predicted octanol–water partition coefficient (Wildman–Crippen LogP) is 4.52. The van der Waals surface area contributed by atoms with Crippen molar-refractivity contribution in [1.29, 1.82) is 0 Å². The van der Waals surface area contributed by atoms with Gasteiger partial charge in [-0.25, -0.2) is 9.78 Å². The van der Waals surface area contributed by atoms with Crippen LogP contribution in [-0.4, -0.2) is 94.4 Å².